The number of carbonyl (C=O) groups is 1. The Morgan fingerprint density at radius 1 is 1.08 bits per heavy atom. The fraction of sp³-hybridized carbons (Fsp3) is 0.350. The molecule has 2 aromatic rings. The average molecular weight is 375 g/mol. The summed E-state index contributed by atoms with van der Waals surface area (Å²) in [6.45, 7) is 5.64. The van der Waals surface area contributed by atoms with Crippen LogP contribution in [0.25, 0.3) is 0 Å². The van der Waals surface area contributed by atoms with Crippen LogP contribution in [0.1, 0.15) is 32.3 Å². The molecule has 5 nitrogen and oxygen atoms in total. The van der Waals surface area contributed by atoms with Crippen LogP contribution in [0.2, 0.25) is 0 Å². The number of hydrogen-bond donors (Lipinski definition) is 1. The van der Waals surface area contributed by atoms with Crippen LogP contribution in [0.4, 0.5) is 5.69 Å². The van der Waals surface area contributed by atoms with E-state index in [1.165, 1.54) is 12.1 Å². The zero-order valence-electron chi connectivity index (χ0n) is 15.5. The SMILES string of the molecule is CCC[C@@H](C)NC(=O)CN(c1ccc(C)cc1)S(=O)(=O)c1ccccc1. The van der Waals surface area contributed by atoms with Crippen molar-refractivity contribution >= 4 is 21.6 Å². The van der Waals surface area contributed by atoms with Crippen molar-refractivity contribution in [1.29, 1.82) is 0 Å². The van der Waals surface area contributed by atoms with Crippen LogP contribution in [-0.2, 0) is 14.8 Å². The Morgan fingerprint density at radius 3 is 2.27 bits per heavy atom. The quantitative estimate of drug-likeness (QED) is 0.769. The number of rotatable bonds is 8. The molecule has 0 aliphatic heterocycles. The average Bonchev–Trinajstić information content (AvgIpc) is 2.61. The van der Waals surface area contributed by atoms with E-state index >= 15 is 0 Å². The summed E-state index contributed by atoms with van der Waals surface area (Å²) in [5, 5.41) is 2.87. The maximum atomic E-state index is 13.1. The van der Waals surface area contributed by atoms with Crippen molar-refractivity contribution in [2.45, 2.75) is 44.6 Å². The van der Waals surface area contributed by atoms with Gasteiger partial charge in [-0.15, -0.1) is 0 Å². The fourth-order valence-electron chi connectivity index (χ4n) is 2.70. The molecule has 0 heterocycles. The second kappa shape index (κ2) is 8.85. The summed E-state index contributed by atoms with van der Waals surface area (Å²) in [7, 11) is -3.84. The molecule has 140 valence electrons. The minimum Gasteiger partial charge on any atom is -0.352 e. The first-order chi connectivity index (χ1) is 12.3. The maximum Gasteiger partial charge on any atom is 0.264 e. The molecule has 0 unspecified atom stereocenters. The third-order valence-corrected chi connectivity index (χ3v) is 5.86. The topological polar surface area (TPSA) is 66.5 Å². The second-order valence-electron chi connectivity index (χ2n) is 6.42. The molecule has 1 N–H and O–H groups in total. The van der Waals surface area contributed by atoms with Gasteiger partial charge >= 0.3 is 0 Å². The Hall–Kier alpha value is -2.34. The molecule has 26 heavy (non-hydrogen) atoms. The second-order valence-corrected chi connectivity index (χ2v) is 8.28. The summed E-state index contributed by atoms with van der Waals surface area (Å²) in [5.74, 6) is -0.314. The van der Waals surface area contributed by atoms with Gasteiger partial charge in [0.15, 0.2) is 0 Å². The van der Waals surface area contributed by atoms with Crippen LogP contribution < -0.4 is 9.62 Å². The van der Waals surface area contributed by atoms with Crippen molar-refractivity contribution in [2.75, 3.05) is 10.8 Å². The maximum absolute atomic E-state index is 13.1. The fourth-order valence-corrected chi connectivity index (χ4v) is 4.14. The number of amides is 1. The van der Waals surface area contributed by atoms with E-state index in [0.29, 0.717) is 5.69 Å². The summed E-state index contributed by atoms with van der Waals surface area (Å²) >= 11 is 0. The van der Waals surface area contributed by atoms with Gasteiger partial charge in [0.25, 0.3) is 10.0 Å². The molecule has 0 aliphatic rings. The minimum atomic E-state index is -3.84. The third-order valence-electron chi connectivity index (χ3n) is 4.07. The first kappa shape index (κ1) is 20.0. The Labute approximate surface area is 156 Å². The first-order valence-corrected chi connectivity index (χ1v) is 10.2. The molecule has 0 saturated heterocycles. The number of sulfonamides is 1. The molecule has 0 spiro atoms. The van der Waals surface area contributed by atoms with Crippen molar-refractivity contribution in [3.8, 4) is 0 Å². The number of hydrogen-bond acceptors (Lipinski definition) is 3. The lowest BCUT2D eigenvalue weighted by Gasteiger charge is -2.25. The molecule has 0 bridgehead atoms. The van der Waals surface area contributed by atoms with Crippen LogP contribution in [0.3, 0.4) is 0 Å². The summed E-state index contributed by atoms with van der Waals surface area (Å²) in [5.41, 5.74) is 1.49. The highest BCUT2D eigenvalue weighted by atomic mass is 32.2. The summed E-state index contributed by atoms with van der Waals surface area (Å²) in [4.78, 5) is 12.6. The van der Waals surface area contributed by atoms with Gasteiger partial charge in [0.1, 0.15) is 6.54 Å². The Morgan fingerprint density at radius 2 is 1.69 bits per heavy atom. The van der Waals surface area contributed by atoms with Crippen LogP contribution in [0, 0.1) is 6.92 Å². The van der Waals surface area contributed by atoms with E-state index in [1.807, 2.05) is 32.9 Å². The lowest BCUT2D eigenvalue weighted by molar-refractivity contribution is -0.120. The summed E-state index contributed by atoms with van der Waals surface area (Å²) in [6.07, 6.45) is 1.80. The van der Waals surface area contributed by atoms with Gasteiger partial charge in [0, 0.05) is 6.04 Å². The summed E-state index contributed by atoms with van der Waals surface area (Å²) < 4.78 is 27.4. The number of carbonyl (C=O) groups excluding carboxylic acids is 1. The van der Waals surface area contributed by atoms with Gasteiger partial charge in [-0.05, 0) is 44.5 Å². The molecule has 0 aliphatic carbocycles. The van der Waals surface area contributed by atoms with E-state index in [0.717, 1.165) is 22.7 Å². The van der Waals surface area contributed by atoms with E-state index in [9.17, 15) is 13.2 Å². The largest absolute Gasteiger partial charge is 0.352 e. The standard InChI is InChI=1S/C20H26N2O3S/c1-4-8-17(3)21-20(23)15-22(18-13-11-16(2)12-14-18)26(24,25)19-9-6-5-7-10-19/h5-7,9-14,17H,4,8,15H2,1-3H3,(H,21,23)/t17-/m1/s1. The van der Waals surface area contributed by atoms with E-state index in [1.54, 1.807) is 30.3 Å². The van der Waals surface area contributed by atoms with Crippen LogP contribution in [-0.4, -0.2) is 26.9 Å². The molecule has 1 amide bonds. The van der Waals surface area contributed by atoms with Gasteiger partial charge in [0.2, 0.25) is 5.91 Å². The van der Waals surface area contributed by atoms with Gasteiger partial charge < -0.3 is 5.32 Å². The monoisotopic (exact) mass is 374 g/mol. The van der Waals surface area contributed by atoms with Gasteiger partial charge in [-0.2, -0.15) is 0 Å². The Bertz CT molecular complexity index is 818. The predicted octanol–water partition coefficient (Wildman–Crippen LogP) is 3.50. The number of benzene rings is 2. The molecule has 2 aromatic carbocycles. The van der Waals surface area contributed by atoms with E-state index in [2.05, 4.69) is 5.32 Å². The number of anilines is 1. The predicted molar refractivity (Wildman–Crippen MR) is 105 cm³/mol. The first-order valence-electron chi connectivity index (χ1n) is 8.78. The van der Waals surface area contributed by atoms with E-state index in [-0.39, 0.29) is 23.4 Å². The zero-order chi connectivity index (χ0) is 19.2. The summed E-state index contributed by atoms with van der Waals surface area (Å²) in [6, 6.07) is 15.3. The van der Waals surface area contributed by atoms with Crippen LogP contribution >= 0.6 is 0 Å². The van der Waals surface area contributed by atoms with Crippen molar-refractivity contribution in [3.05, 3.63) is 60.2 Å². The van der Waals surface area contributed by atoms with Gasteiger partial charge in [0.05, 0.1) is 10.6 Å². The number of aryl methyl sites for hydroxylation is 1. The molecule has 0 fully saturated rings. The number of nitrogens with one attached hydrogen (secondary N) is 1. The highest BCUT2D eigenvalue weighted by Crippen LogP contribution is 2.23. The third kappa shape index (κ3) is 5.08. The minimum absolute atomic E-state index is 0.00629. The van der Waals surface area contributed by atoms with Crippen molar-refractivity contribution in [3.63, 3.8) is 0 Å². The van der Waals surface area contributed by atoms with Crippen molar-refractivity contribution < 1.29 is 13.2 Å². The normalized spacial score (nSPS) is 12.4. The van der Waals surface area contributed by atoms with E-state index < -0.39 is 10.0 Å². The van der Waals surface area contributed by atoms with Crippen molar-refractivity contribution in [1.82, 2.24) is 5.32 Å². The molecular weight excluding hydrogens is 348 g/mol. The smallest absolute Gasteiger partial charge is 0.264 e. The number of nitrogens with zero attached hydrogens (tertiary/aromatic N) is 1. The Kier molecular flexibility index (Phi) is 6.80. The molecule has 1 atom stereocenters. The Balaban J connectivity index is 2.34. The molecule has 2 rings (SSSR count). The van der Waals surface area contributed by atoms with Gasteiger partial charge in [-0.1, -0.05) is 49.2 Å². The molecule has 0 saturated carbocycles. The van der Waals surface area contributed by atoms with Crippen molar-refractivity contribution in [2.24, 2.45) is 0 Å². The molecular formula is C20H26N2O3S. The van der Waals surface area contributed by atoms with Gasteiger partial charge in [-0.25, -0.2) is 8.42 Å². The van der Waals surface area contributed by atoms with Crippen LogP contribution in [0.15, 0.2) is 59.5 Å². The molecule has 0 radical (unpaired) electrons. The lowest BCUT2D eigenvalue weighted by atomic mass is 10.2. The van der Waals surface area contributed by atoms with Crippen LogP contribution in [0.5, 0.6) is 0 Å². The lowest BCUT2D eigenvalue weighted by Crippen LogP contribution is -2.43. The highest BCUT2D eigenvalue weighted by molar-refractivity contribution is 7.92. The van der Waals surface area contributed by atoms with Gasteiger partial charge in [-0.3, -0.25) is 9.10 Å². The molecule has 6 heteroatoms. The highest BCUT2D eigenvalue weighted by Gasteiger charge is 2.27. The zero-order valence-corrected chi connectivity index (χ0v) is 16.3. The van der Waals surface area contributed by atoms with E-state index in [4.69, 9.17) is 0 Å². The molecule has 0 aromatic heterocycles.